The van der Waals surface area contributed by atoms with Crippen LogP contribution >= 0.6 is 58.6 Å². The van der Waals surface area contributed by atoms with E-state index in [1.54, 1.807) is 41.0 Å². The van der Waals surface area contributed by atoms with E-state index in [0.29, 0.717) is 48.0 Å². The van der Waals surface area contributed by atoms with Crippen LogP contribution in [0.3, 0.4) is 0 Å². The summed E-state index contributed by atoms with van der Waals surface area (Å²) < 4.78 is 1.97. The van der Waals surface area contributed by atoms with Crippen LogP contribution in [0.2, 0.25) is 20.1 Å². The van der Waals surface area contributed by atoms with Gasteiger partial charge in [-0.15, -0.1) is 0 Å². The van der Waals surface area contributed by atoms with E-state index in [9.17, 15) is 0 Å². The number of halogens is 4. The third-order valence-electron chi connectivity index (χ3n) is 4.19. The van der Waals surface area contributed by atoms with E-state index in [1.807, 2.05) is 30.3 Å². The van der Waals surface area contributed by atoms with Crippen LogP contribution in [0.5, 0.6) is 0 Å². The number of aromatic nitrogens is 3. The Hall–Kier alpha value is -2.15. The normalized spacial score (nSPS) is 10.8. The monoisotopic (exact) mass is 492 g/mol. The summed E-state index contributed by atoms with van der Waals surface area (Å²) in [6.45, 7) is 0. The first kappa shape index (κ1) is 21.1. The van der Waals surface area contributed by atoms with Crippen molar-refractivity contribution in [3.8, 4) is 17.1 Å². The summed E-state index contributed by atoms with van der Waals surface area (Å²) in [4.78, 5) is 9.21. The van der Waals surface area contributed by atoms with Crippen molar-refractivity contribution in [3.05, 3.63) is 91.6 Å². The molecule has 0 saturated heterocycles. The molecule has 9 heteroatoms. The molecule has 0 amide bonds. The molecule has 0 saturated carbocycles. The van der Waals surface area contributed by atoms with E-state index in [1.165, 1.54) is 0 Å². The van der Waals surface area contributed by atoms with Crippen molar-refractivity contribution < 1.29 is 0 Å². The largest absolute Gasteiger partial charge is 0.325 e. The van der Waals surface area contributed by atoms with E-state index >= 15 is 0 Å². The Morgan fingerprint density at radius 1 is 0.733 bits per heavy atom. The van der Waals surface area contributed by atoms with Crippen LogP contribution in [0.4, 0.5) is 11.6 Å². The Morgan fingerprint density at radius 2 is 1.40 bits per heavy atom. The molecule has 1 heterocycles. The summed E-state index contributed by atoms with van der Waals surface area (Å²) in [6, 6.07) is 19.9. The lowest BCUT2D eigenvalue weighted by Crippen LogP contribution is -2.11. The molecular formula is C21H12Cl4N4S. The molecule has 1 N–H and O–H groups in total. The Labute approximate surface area is 198 Å². The molecule has 0 bridgehead atoms. The molecule has 4 rings (SSSR count). The van der Waals surface area contributed by atoms with Gasteiger partial charge in [-0.25, -0.2) is 0 Å². The van der Waals surface area contributed by atoms with Crippen LogP contribution in [0.25, 0.3) is 17.1 Å². The first-order chi connectivity index (χ1) is 14.4. The molecule has 0 spiro atoms. The summed E-state index contributed by atoms with van der Waals surface area (Å²) in [5.74, 6) is 0.921. The number of rotatable bonds is 4. The SMILES string of the molecule is S=c1nc(-c2ccccc2)nc(Nc2ccc(Cl)c(Cl)c2)n1-c1ccc(Cl)c(Cl)c1. The molecule has 4 aromatic rings. The smallest absolute Gasteiger partial charge is 0.216 e. The average Bonchev–Trinajstić information content (AvgIpc) is 2.73. The summed E-state index contributed by atoms with van der Waals surface area (Å²) in [5.41, 5.74) is 2.18. The average molecular weight is 494 g/mol. The number of benzene rings is 3. The first-order valence-corrected chi connectivity index (χ1v) is 10.6. The highest BCUT2D eigenvalue weighted by Gasteiger charge is 2.14. The van der Waals surface area contributed by atoms with Gasteiger partial charge in [0, 0.05) is 11.3 Å². The van der Waals surface area contributed by atoms with Gasteiger partial charge in [-0.1, -0.05) is 76.7 Å². The van der Waals surface area contributed by atoms with Crippen molar-refractivity contribution >= 4 is 70.3 Å². The van der Waals surface area contributed by atoms with E-state index in [2.05, 4.69) is 10.3 Å². The minimum atomic E-state index is 0.296. The van der Waals surface area contributed by atoms with E-state index in [0.717, 1.165) is 5.56 Å². The van der Waals surface area contributed by atoms with Gasteiger partial charge in [0.05, 0.1) is 25.8 Å². The van der Waals surface area contributed by atoms with Crippen molar-refractivity contribution in [2.24, 2.45) is 0 Å². The third-order valence-corrected chi connectivity index (χ3v) is 5.94. The Kier molecular flexibility index (Phi) is 6.27. The van der Waals surface area contributed by atoms with Crippen molar-refractivity contribution in [2.75, 3.05) is 5.32 Å². The predicted molar refractivity (Wildman–Crippen MR) is 127 cm³/mol. The van der Waals surface area contributed by atoms with Crippen molar-refractivity contribution in [1.29, 1.82) is 0 Å². The van der Waals surface area contributed by atoms with Crippen LogP contribution in [0.1, 0.15) is 0 Å². The second-order valence-corrected chi connectivity index (χ2v) is 8.20. The summed E-state index contributed by atoms with van der Waals surface area (Å²) >= 11 is 30.1. The van der Waals surface area contributed by atoms with Gasteiger partial charge in [-0.05, 0) is 48.6 Å². The molecule has 150 valence electrons. The number of hydrogen-bond acceptors (Lipinski definition) is 4. The Morgan fingerprint density at radius 3 is 2.07 bits per heavy atom. The summed E-state index contributed by atoms with van der Waals surface area (Å²) in [6.07, 6.45) is 0. The van der Waals surface area contributed by atoms with E-state index in [-0.39, 0.29) is 0 Å². The highest BCUT2D eigenvalue weighted by Crippen LogP contribution is 2.30. The van der Waals surface area contributed by atoms with Crippen LogP contribution in [0, 0.1) is 4.77 Å². The van der Waals surface area contributed by atoms with Gasteiger partial charge in [0.25, 0.3) is 0 Å². The minimum absolute atomic E-state index is 0.296. The van der Waals surface area contributed by atoms with Gasteiger partial charge in [0.2, 0.25) is 10.7 Å². The topological polar surface area (TPSA) is 42.7 Å². The first-order valence-electron chi connectivity index (χ1n) is 8.66. The fraction of sp³-hybridized carbons (Fsp3) is 0. The van der Waals surface area contributed by atoms with Crippen LogP contribution in [-0.4, -0.2) is 14.5 Å². The summed E-state index contributed by atoms with van der Waals surface area (Å²) in [5, 5.41) is 4.95. The van der Waals surface area contributed by atoms with E-state index < -0.39 is 0 Å². The van der Waals surface area contributed by atoms with Gasteiger partial charge in [0.1, 0.15) is 0 Å². The molecule has 0 atom stereocenters. The lowest BCUT2D eigenvalue weighted by Gasteiger charge is -2.16. The van der Waals surface area contributed by atoms with Gasteiger partial charge < -0.3 is 5.32 Å². The second kappa shape index (κ2) is 8.92. The zero-order valence-corrected chi connectivity index (χ0v) is 19.0. The zero-order chi connectivity index (χ0) is 21.3. The minimum Gasteiger partial charge on any atom is -0.325 e. The van der Waals surface area contributed by atoms with Crippen LogP contribution < -0.4 is 5.32 Å². The molecule has 0 fully saturated rings. The molecule has 0 aliphatic rings. The quantitative estimate of drug-likeness (QED) is 0.292. The highest BCUT2D eigenvalue weighted by atomic mass is 35.5. The van der Waals surface area contributed by atoms with E-state index in [4.69, 9.17) is 63.6 Å². The van der Waals surface area contributed by atoms with Crippen molar-refractivity contribution in [2.45, 2.75) is 0 Å². The molecule has 0 unspecified atom stereocenters. The molecule has 0 radical (unpaired) electrons. The predicted octanol–water partition coefficient (Wildman–Crippen LogP) is 8.02. The second-order valence-electron chi connectivity index (χ2n) is 6.21. The lowest BCUT2D eigenvalue weighted by atomic mass is 10.2. The zero-order valence-electron chi connectivity index (χ0n) is 15.1. The number of hydrogen-bond donors (Lipinski definition) is 1. The van der Waals surface area contributed by atoms with Crippen LogP contribution in [-0.2, 0) is 0 Å². The maximum absolute atomic E-state index is 6.22. The molecule has 0 aliphatic heterocycles. The number of anilines is 2. The molecule has 4 nitrogen and oxygen atoms in total. The highest BCUT2D eigenvalue weighted by molar-refractivity contribution is 7.71. The molecular weight excluding hydrogens is 482 g/mol. The molecule has 30 heavy (non-hydrogen) atoms. The Bertz CT molecular complexity index is 1290. The van der Waals surface area contributed by atoms with Crippen LogP contribution in [0.15, 0.2) is 66.7 Å². The van der Waals surface area contributed by atoms with Gasteiger partial charge in [-0.3, -0.25) is 4.57 Å². The fourth-order valence-corrected chi connectivity index (χ4v) is 3.64. The third kappa shape index (κ3) is 4.46. The number of nitrogens with one attached hydrogen (secondary N) is 1. The maximum atomic E-state index is 6.22. The van der Waals surface area contributed by atoms with Crippen molar-refractivity contribution in [3.63, 3.8) is 0 Å². The van der Waals surface area contributed by atoms with Crippen molar-refractivity contribution in [1.82, 2.24) is 14.5 Å². The molecule has 1 aromatic heterocycles. The lowest BCUT2D eigenvalue weighted by molar-refractivity contribution is 0.912. The fourth-order valence-electron chi connectivity index (χ4n) is 2.77. The van der Waals surface area contributed by atoms with Gasteiger partial charge in [0.15, 0.2) is 5.82 Å². The maximum Gasteiger partial charge on any atom is 0.216 e. The number of nitrogens with zero attached hydrogens (tertiary/aromatic N) is 3. The molecule has 3 aromatic carbocycles. The molecule has 0 aliphatic carbocycles. The Balaban J connectivity index is 1.90. The standard InChI is InChI=1S/C21H12Cl4N4S/c22-15-8-6-13(10-17(15)24)26-20-27-19(12-4-2-1-3-5-12)28-21(30)29(20)14-7-9-16(23)18(25)11-14/h1-11H,(H,26,27,28,30). The summed E-state index contributed by atoms with van der Waals surface area (Å²) in [7, 11) is 0. The van der Waals surface area contributed by atoms with Gasteiger partial charge in [-0.2, -0.15) is 9.97 Å². The van der Waals surface area contributed by atoms with Gasteiger partial charge >= 0.3 is 0 Å².